The lowest BCUT2D eigenvalue weighted by Gasteiger charge is -2.14. The van der Waals surface area contributed by atoms with Gasteiger partial charge in [0.25, 0.3) is 0 Å². The van der Waals surface area contributed by atoms with Crippen LogP contribution < -0.4 is 0 Å². The molecule has 0 amide bonds. The lowest BCUT2D eigenvalue weighted by Crippen LogP contribution is -2.07. The van der Waals surface area contributed by atoms with Crippen molar-refractivity contribution in [2.75, 3.05) is 0 Å². The minimum atomic E-state index is 0.648. The van der Waals surface area contributed by atoms with Crippen molar-refractivity contribution in [3.8, 4) is 11.8 Å². The highest BCUT2D eigenvalue weighted by molar-refractivity contribution is 6.39. The Kier molecular flexibility index (Phi) is 5.45. The Labute approximate surface area is 324 Å². The average Bonchev–Trinajstić information content (AvgIpc) is 4.00. The van der Waals surface area contributed by atoms with Crippen LogP contribution in [-0.4, -0.2) is 23.5 Å². The summed E-state index contributed by atoms with van der Waals surface area (Å²) in [7, 11) is 0. The minimum absolute atomic E-state index is 0.648. The molecule has 5 aromatic heterocycles. The average molecular weight is 724 g/mol. The smallest absolute Gasteiger partial charge is 0.237 e. The predicted molar refractivity (Wildman–Crippen MR) is 238 cm³/mol. The Morgan fingerprint density at radius 2 is 0.860 bits per heavy atom. The number of rotatable bonds is 2. The summed E-state index contributed by atoms with van der Waals surface area (Å²) in [6.07, 6.45) is 0. The molecule has 0 aliphatic heterocycles. The van der Waals surface area contributed by atoms with Crippen molar-refractivity contribution >= 4 is 114 Å². The van der Waals surface area contributed by atoms with Crippen LogP contribution in [0.25, 0.3) is 126 Å². The molecule has 0 unspecified atom stereocenters. The first-order valence-corrected chi connectivity index (χ1v) is 19.5. The summed E-state index contributed by atoms with van der Waals surface area (Å²) in [5.74, 6) is 1.51. The second-order valence-corrected chi connectivity index (χ2v) is 15.3. The summed E-state index contributed by atoms with van der Waals surface area (Å²) in [6, 6.07) is 63.8. The summed E-state index contributed by atoms with van der Waals surface area (Å²) < 4.78 is 7.17. The number of para-hydroxylation sites is 4. The van der Waals surface area contributed by atoms with Gasteiger partial charge in [-0.15, -0.1) is 0 Å². The maximum absolute atomic E-state index is 5.67. The SMILES string of the molecule is c1ccc2c(c1)ccc1c2c2ccccc2n1-c1nc(-n2c3ccccc3c3c4c5c6ccccc6ccc5n5c6ccccc6c(cc32)c45)c2ccccc2n1. The van der Waals surface area contributed by atoms with E-state index in [-0.39, 0.29) is 0 Å². The van der Waals surface area contributed by atoms with Crippen LogP contribution in [0.4, 0.5) is 0 Å². The minimum Gasteiger partial charge on any atom is -0.308 e. The number of hydrogen-bond acceptors (Lipinski definition) is 2. The van der Waals surface area contributed by atoms with Gasteiger partial charge < -0.3 is 4.40 Å². The molecular weight excluding hydrogens is 695 g/mol. The Bertz CT molecular complexity index is 4050. The third-order valence-corrected chi connectivity index (χ3v) is 12.5. The zero-order chi connectivity index (χ0) is 36.9. The van der Waals surface area contributed by atoms with Gasteiger partial charge in [0.15, 0.2) is 5.82 Å². The van der Waals surface area contributed by atoms with Gasteiger partial charge in [0.1, 0.15) is 0 Å². The molecule has 0 saturated carbocycles. The molecule has 5 heterocycles. The van der Waals surface area contributed by atoms with Gasteiger partial charge in [-0.2, -0.15) is 4.98 Å². The molecule has 0 fully saturated rings. The fourth-order valence-corrected chi connectivity index (χ4v) is 10.3. The van der Waals surface area contributed by atoms with E-state index in [0.29, 0.717) is 5.95 Å². The Morgan fingerprint density at radius 1 is 0.316 bits per heavy atom. The van der Waals surface area contributed by atoms with Crippen LogP contribution in [0.5, 0.6) is 0 Å². The Hall–Kier alpha value is -7.76. The standard InChI is InChI=1S/C52H29N5/c1-3-15-32-30(13-1)25-27-43-46(32)36-19-7-12-24-42(36)57(43)52-53-39-21-9-5-18-35(39)51(54-52)56-41-23-11-8-20-37(41)48-45(56)29-38-34-17-6-10-22-40(34)55-44-28-26-31-14-2-4-16-33(31)47(44)49(48)50(38)55/h1-29H. The van der Waals surface area contributed by atoms with Gasteiger partial charge in [-0.1, -0.05) is 127 Å². The molecule has 9 aromatic carbocycles. The molecule has 0 N–H and O–H groups in total. The number of benzene rings is 9. The van der Waals surface area contributed by atoms with E-state index in [1.165, 1.54) is 81.2 Å². The van der Waals surface area contributed by atoms with Gasteiger partial charge in [-0.25, -0.2) is 4.98 Å². The first-order valence-electron chi connectivity index (χ1n) is 19.5. The van der Waals surface area contributed by atoms with Gasteiger partial charge in [0.05, 0.1) is 44.1 Å². The quantitative estimate of drug-likeness (QED) is 0.178. The monoisotopic (exact) mass is 723 g/mol. The molecule has 0 aliphatic carbocycles. The summed E-state index contributed by atoms with van der Waals surface area (Å²) >= 11 is 0. The third-order valence-electron chi connectivity index (χ3n) is 12.5. The molecule has 0 saturated heterocycles. The molecule has 57 heavy (non-hydrogen) atoms. The van der Waals surface area contributed by atoms with Crippen LogP contribution in [0.1, 0.15) is 0 Å². The van der Waals surface area contributed by atoms with Crippen LogP contribution in [0.15, 0.2) is 176 Å². The molecule has 14 rings (SSSR count). The van der Waals surface area contributed by atoms with Crippen LogP contribution in [0.2, 0.25) is 0 Å². The largest absolute Gasteiger partial charge is 0.308 e. The summed E-state index contributed by atoms with van der Waals surface area (Å²) in [4.78, 5) is 11.0. The number of aromatic nitrogens is 5. The van der Waals surface area contributed by atoms with E-state index in [9.17, 15) is 0 Å². The van der Waals surface area contributed by atoms with Crippen molar-refractivity contribution in [2.24, 2.45) is 0 Å². The van der Waals surface area contributed by atoms with Crippen molar-refractivity contribution in [1.29, 1.82) is 0 Å². The zero-order valence-electron chi connectivity index (χ0n) is 30.5. The maximum atomic E-state index is 5.67. The molecular formula is C52H29N5. The van der Waals surface area contributed by atoms with Gasteiger partial charge in [0, 0.05) is 48.5 Å². The second kappa shape index (κ2) is 10.5. The van der Waals surface area contributed by atoms with E-state index in [2.05, 4.69) is 189 Å². The van der Waals surface area contributed by atoms with Crippen LogP contribution in [0, 0.1) is 0 Å². The van der Waals surface area contributed by atoms with E-state index >= 15 is 0 Å². The van der Waals surface area contributed by atoms with Crippen molar-refractivity contribution in [3.05, 3.63) is 176 Å². The van der Waals surface area contributed by atoms with Crippen molar-refractivity contribution in [1.82, 2.24) is 23.5 Å². The maximum Gasteiger partial charge on any atom is 0.237 e. The van der Waals surface area contributed by atoms with E-state index in [1.54, 1.807) is 0 Å². The lowest BCUT2D eigenvalue weighted by atomic mass is 9.98. The Balaban J connectivity index is 1.19. The second-order valence-electron chi connectivity index (χ2n) is 15.3. The summed E-state index contributed by atoms with van der Waals surface area (Å²) in [5.41, 5.74) is 9.03. The topological polar surface area (TPSA) is 40.0 Å². The normalized spacial score (nSPS) is 12.6. The highest BCUT2D eigenvalue weighted by Crippen LogP contribution is 2.48. The van der Waals surface area contributed by atoms with Crippen LogP contribution in [0.3, 0.4) is 0 Å². The third kappa shape index (κ3) is 3.64. The first-order chi connectivity index (χ1) is 28.3. The van der Waals surface area contributed by atoms with Crippen molar-refractivity contribution in [3.63, 3.8) is 0 Å². The number of fused-ring (bicyclic) bond motifs is 18. The van der Waals surface area contributed by atoms with E-state index < -0.39 is 0 Å². The first kappa shape index (κ1) is 29.6. The van der Waals surface area contributed by atoms with E-state index in [4.69, 9.17) is 9.97 Å². The number of nitrogens with zero attached hydrogens (tertiary/aromatic N) is 5. The molecule has 5 nitrogen and oxygen atoms in total. The van der Waals surface area contributed by atoms with E-state index in [0.717, 1.165) is 38.8 Å². The van der Waals surface area contributed by atoms with Crippen molar-refractivity contribution in [2.45, 2.75) is 0 Å². The molecule has 0 aliphatic rings. The fourth-order valence-electron chi connectivity index (χ4n) is 10.3. The highest BCUT2D eigenvalue weighted by atomic mass is 15.2. The molecule has 0 atom stereocenters. The van der Waals surface area contributed by atoms with Crippen LogP contribution >= 0.6 is 0 Å². The summed E-state index contributed by atoms with van der Waals surface area (Å²) in [5, 5.41) is 15.9. The highest BCUT2D eigenvalue weighted by Gasteiger charge is 2.27. The Morgan fingerprint density at radius 3 is 1.61 bits per heavy atom. The molecule has 0 bridgehead atoms. The molecule has 0 radical (unpaired) electrons. The molecule has 262 valence electrons. The molecule has 0 spiro atoms. The van der Waals surface area contributed by atoms with Gasteiger partial charge >= 0.3 is 0 Å². The molecule has 5 heteroatoms. The zero-order valence-corrected chi connectivity index (χ0v) is 30.5. The number of hydrogen-bond donors (Lipinski definition) is 0. The summed E-state index contributed by atoms with van der Waals surface area (Å²) in [6.45, 7) is 0. The van der Waals surface area contributed by atoms with Crippen LogP contribution in [-0.2, 0) is 0 Å². The van der Waals surface area contributed by atoms with Crippen molar-refractivity contribution < 1.29 is 0 Å². The van der Waals surface area contributed by atoms with E-state index in [1.807, 2.05) is 0 Å². The van der Waals surface area contributed by atoms with Gasteiger partial charge in [-0.05, 0) is 70.1 Å². The van der Waals surface area contributed by atoms with Gasteiger partial charge in [-0.3, -0.25) is 9.13 Å². The lowest BCUT2D eigenvalue weighted by molar-refractivity contribution is 0.973. The molecule has 14 aromatic rings. The van der Waals surface area contributed by atoms with Gasteiger partial charge in [0.2, 0.25) is 5.95 Å². The fraction of sp³-hybridized carbons (Fsp3) is 0. The predicted octanol–water partition coefficient (Wildman–Crippen LogP) is 13.3.